The van der Waals surface area contributed by atoms with Crippen LogP contribution in [0.25, 0.3) is 0 Å². The van der Waals surface area contributed by atoms with Gasteiger partial charge in [0.2, 0.25) is 0 Å². The van der Waals surface area contributed by atoms with Crippen molar-refractivity contribution in [2.24, 2.45) is 51.5 Å². The first kappa shape index (κ1) is 16.6. The van der Waals surface area contributed by atoms with Crippen LogP contribution in [0.2, 0.25) is 0 Å². The molecule has 132 valence electrons. The smallest absolute Gasteiger partial charge is 0.0961 e. The van der Waals surface area contributed by atoms with Crippen molar-refractivity contribution in [3.05, 3.63) is 4.91 Å². The summed E-state index contributed by atoms with van der Waals surface area (Å²) in [4.78, 5) is 11.9. The Labute approximate surface area is 146 Å². The number of nitroso groups, excluding NO2 is 1. The molecule has 3 heteroatoms. The molecular weight excluding hydrogens is 296 g/mol. The van der Waals surface area contributed by atoms with Crippen LogP contribution in [-0.4, -0.2) is 6.04 Å². The molecule has 4 rings (SSSR count). The Balaban J connectivity index is 1.73. The second-order valence-corrected chi connectivity index (χ2v) is 10.1. The van der Waals surface area contributed by atoms with E-state index in [0.29, 0.717) is 23.2 Å². The summed E-state index contributed by atoms with van der Waals surface area (Å²) in [6.45, 7) is 7.18. The van der Waals surface area contributed by atoms with E-state index in [-0.39, 0.29) is 17.4 Å². The highest BCUT2D eigenvalue weighted by atomic mass is 16.3. The van der Waals surface area contributed by atoms with Crippen molar-refractivity contribution >= 4 is 0 Å². The molecule has 0 radical (unpaired) electrons. The maximum atomic E-state index is 11.9. The highest BCUT2D eigenvalue weighted by Gasteiger charge is 2.63. The van der Waals surface area contributed by atoms with E-state index >= 15 is 0 Å². The lowest BCUT2D eigenvalue weighted by molar-refractivity contribution is -0.125. The lowest BCUT2D eigenvalue weighted by Gasteiger charge is -2.62. The molecule has 0 spiro atoms. The molecule has 4 aliphatic rings. The molecular formula is C21H32N2O. The third kappa shape index (κ3) is 2.07. The van der Waals surface area contributed by atoms with E-state index in [9.17, 15) is 10.2 Å². The van der Waals surface area contributed by atoms with Gasteiger partial charge in [0.1, 0.15) is 0 Å². The Kier molecular flexibility index (Phi) is 3.83. The van der Waals surface area contributed by atoms with Gasteiger partial charge < -0.3 is 0 Å². The average molecular weight is 329 g/mol. The molecule has 9 atom stereocenters. The third-order valence-corrected chi connectivity index (χ3v) is 9.08. The molecule has 0 aliphatic heterocycles. The van der Waals surface area contributed by atoms with Gasteiger partial charge in [0, 0.05) is 0 Å². The zero-order valence-corrected chi connectivity index (χ0v) is 15.5. The summed E-state index contributed by atoms with van der Waals surface area (Å²) in [6.07, 6.45) is 9.65. The van der Waals surface area contributed by atoms with E-state index < -0.39 is 0 Å². The monoisotopic (exact) mass is 328 g/mol. The van der Waals surface area contributed by atoms with Gasteiger partial charge in [0.05, 0.1) is 18.0 Å². The van der Waals surface area contributed by atoms with Crippen LogP contribution in [0.5, 0.6) is 0 Å². The maximum Gasteiger partial charge on any atom is 0.0961 e. The highest BCUT2D eigenvalue weighted by Crippen LogP contribution is 2.68. The van der Waals surface area contributed by atoms with E-state index in [4.69, 9.17) is 0 Å². The van der Waals surface area contributed by atoms with E-state index in [0.717, 1.165) is 24.7 Å². The molecule has 4 saturated carbocycles. The number of rotatable bonds is 1. The first-order valence-electron chi connectivity index (χ1n) is 10.2. The summed E-state index contributed by atoms with van der Waals surface area (Å²) < 4.78 is 0. The second kappa shape index (κ2) is 5.55. The van der Waals surface area contributed by atoms with Crippen molar-refractivity contribution in [3.63, 3.8) is 0 Å². The first-order chi connectivity index (χ1) is 11.4. The van der Waals surface area contributed by atoms with E-state index in [1.54, 1.807) is 0 Å². The largest absolute Gasteiger partial charge is 0.198 e. The van der Waals surface area contributed by atoms with Crippen molar-refractivity contribution in [2.75, 3.05) is 0 Å². The minimum Gasteiger partial charge on any atom is -0.198 e. The summed E-state index contributed by atoms with van der Waals surface area (Å²) in [6, 6.07) is 2.51. The molecule has 0 saturated heterocycles. The van der Waals surface area contributed by atoms with Gasteiger partial charge in [-0.05, 0) is 85.4 Å². The van der Waals surface area contributed by atoms with E-state index in [1.165, 1.54) is 38.5 Å². The number of nitrogens with zero attached hydrogens (tertiary/aromatic N) is 2. The zero-order chi connectivity index (χ0) is 17.1. The van der Waals surface area contributed by atoms with Crippen LogP contribution in [0.4, 0.5) is 0 Å². The van der Waals surface area contributed by atoms with Crippen molar-refractivity contribution in [1.82, 2.24) is 0 Å². The molecule has 4 fully saturated rings. The normalized spacial score (nSPS) is 56.5. The number of hydrogen-bond acceptors (Lipinski definition) is 3. The van der Waals surface area contributed by atoms with Crippen molar-refractivity contribution < 1.29 is 0 Å². The van der Waals surface area contributed by atoms with Gasteiger partial charge in [-0.15, -0.1) is 0 Å². The predicted octanol–water partition coefficient (Wildman–Crippen LogP) is 5.55. The zero-order valence-electron chi connectivity index (χ0n) is 15.5. The maximum absolute atomic E-state index is 11.9. The minimum absolute atomic E-state index is 0.0258. The topological polar surface area (TPSA) is 53.2 Å². The SMILES string of the molecule is CC1CCC2CCC3C4CCC(C#N)C4(C)CC(N=O)C3C2(C)C1. The third-order valence-electron chi connectivity index (χ3n) is 9.08. The summed E-state index contributed by atoms with van der Waals surface area (Å²) in [7, 11) is 0. The Morgan fingerprint density at radius 2 is 1.75 bits per heavy atom. The summed E-state index contributed by atoms with van der Waals surface area (Å²) in [5.41, 5.74) is 0.323. The molecule has 0 bridgehead atoms. The number of nitriles is 1. The summed E-state index contributed by atoms with van der Waals surface area (Å²) >= 11 is 0. The molecule has 0 aromatic carbocycles. The van der Waals surface area contributed by atoms with Crippen molar-refractivity contribution in [3.8, 4) is 6.07 Å². The Bertz CT molecular complexity index is 569. The lowest BCUT2D eigenvalue weighted by atomic mass is 9.43. The van der Waals surface area contributed by atoms with Crippen LogP contribution < -0.4 is 0 Å². The van der Waals surface area contributed by atoms with Crippen LogP contribution in [0.1, 0.15) is 72.1 Å². The number of fused-ring (bicyclic) bond motifs is 5. The Morgan fingerprint density at radius 1 is 1.00 bits per heavy atom. The van der Waals surface area contributed by atoms with Gasteiger partial charge >= 0.3 is 0 Å². The molecule has 0 aromatic rings. The molecule has 0 N–H and O–H groups in total. The quantitative estimate of drug-likeness (QED) is 0.592. The molecule has 0 heterocycles. The fraction of sp³-hybridized carbons (Fsp3) is 0.952. The van der Waals surface area contributed by atoms with Crippen LogP contribution in [-0.2, 0) is 0 Å². The van der Waals surface area contributed by atoms with Crippen LogP contribution in [0.15, 0.2) is 5.18 Å². The fourth-order valence-electron chi connectivity index (χ4n) is 8.11. The predicted molar refractivity (Wildman–Crippen MR) is 95.0 cm³/mol. The van der Waals surface area contributed by atoms with Crippen LogP contribution in [0.3, 0.4) is 0 Å². The van der Waals surface area contributed by atoms with Gasteiger partial charge in [0.25, 0.3) is 0 Å². The molecule has 24 heavy (non-hydrogen) atoms. The lowest BCUT2D eigenvalue weighted by Crippen LogP contribution is -2.58. The molecule has 4 aliphatic carbocycles. The van der Waals surface area contributed by atoms with Gasteiger partial charge in [-0.3, -0.25) is 0 Å². The molecule has 0 aromatic heterocycles. The Hall–Kier alpha value is -0.910. The van der Waals surface area contributed by atoms with Gasteiger partial charge in [0.15, 0.2) is 0 Å². The summed E-state index contributed by atoms with van der Waals surface area (Å²) in [5.74, 6) is 3.42. The van der Waals surface area contributed by atoms with Gasteiger partial charge in [-0.1, -0.05) is 32.4 Å². The summed E-state index contributed by atoms with van der Waals surface area (Å²) in [5, 5.41) is 13.3. The van der Waals surface area contributed by atoms with Gasteiger partial charge in [-0.2, -0.15) is 10.2 Å². The van der Waals surface area contributed by atoms with Crippen molar-refractivity contribution in [1.29, 1.82) is 5.26 Å². The number of hydrogen-bond donors (Lipinski definition) is 0. The van der Waals surface area contributed by atoms with Crippen molar-refractivity contribution in [2.45, 2.75) is 78.2 Å². The Morgan fingerprint density at radius 3 is 2.46 bits per heavy atom. The van der Waals surface area contributed by atoms with Crippen LogP contribution >= 0.6 is 0 Å². The van der Waals surface area contributed by atoms with Gasteiger partial charge in [-0.25, -0.2) is 0 Å². The van der Waals surface area contributed by atoms with Crippen LogP contribution in [0, 0.1) is 62.6 Å². The van der Waals surface area contributed by atoms with E-state index in [1.807, 2.05) is 0 Å². The molecule has 9 unspecified atom stereocenters. The second-order valence-electron chi connectivity index (χ2n) is 10.1. The standard InChI is InChI=1S/C21H32N2O/c1-13-4-5-14-6-8-16-17-9-7-15(12-22)20(17,2)11-18(23-24)19(16)21(14,3)10-13/h13-19H,4-11H2,1-3H3. The highest BCUT2D eigenvalue weighted by molar-refractivity contribution is 5.15. The molecule has 0 amide bonds. The average Bonchev–Trinajstić information content (AvgIpc) is 2.89. The first-order valence-corrected chi connectivity index (χ1v) is 10.2. The fourth-order valence-corrected chi connectivity index (χ4v) is 8.11. The molecule has 3 nitrogen and oxygen atoms in total. The van der Waals surface area contributed by atoms with E-state index in [2.05, 4.69) is 32.0 Å². The minimum atomic E-state index is -0.0664.